The van der Waals surface area contributed by atoms with Crippen molar-refractivity contribution >= 4 is 17.6 Å². The summed E-state index contributed by atoms with van der Waals surface area (Å²) in [7, 11) is 0. The highest BCUT2D eigenvalue weighted by atomic mass is 35.5. The first-order valence-electron chi connectivity index (χ1n) is 6.23. The molecular weight excluding hydrogens is 276 g/mol. The average molecular weight is 291 g/mol. The second-order valence-electron chi connectivity index (χ2n) is 4.50. The van der Waals surface area contributed by atoms with Crippen molar-refractivity contribution < 1.29 is 9.90 Å². The highest BCUT2D eigenvalue weighted by Gasteiger charge is 2.07. The van der Waals surface area contributed by atoms with E-state index in [-0.39, 0.29) is 11.6 Å². The monoisotopic (exact) mass is 290 g/mol. The fraction of sp³-hybridized carbons (Fsp3) is 0.200. The lowest BCUT2D eigenvalue weighted by molar-refractivity contribution is 0.0696. The first-order valence-corrected chi connectivity index (χ1v) is 6.61. The summed E-state index contributed by atoms with van der Waals surface area (Å²) < 4.78 is 0. The molecule has 0 aliphatic heterocycles. The summed E-state index contributed by atoms with van der Waals surface area (Å²) in [6, 6.07) is 11.1. The molecule has 1 atom stereocenters. The molecule has 0 bridgehead atoms. The van der Waals surface area contributed by atoms with E-state index in [9.17, 15) is 4.79 Å². The molecule has 20 heavy (non-hydrogen) atoms. The highest BCUT2D eigenvalue weighted by Crippen LogP contribution is 2.17. The highest BCUT2D eigenvalue weighted by molar-refractivity contribution is 6.30. The third kappa shape index (κ3) is 3.79. The van der Waals surface area contributed by atoms with Gasteiger partial charge in [-0.3, -0.25) is 4.98 Å². The average Bonchev–Trinajstić information content (AvgIpc) is 2.45. The third-order valence-corrected chi connectivity index (χ3v) is 3.24. The fourth-order valence-electron chi connectivity index (χ4n) is 1.81. The third-order valence-electron chi connectivity index (χ3n) is 3.01. The van der Waals surface area contributed by atoms with Crippen LogP contribution >= 0.6 is 11.6 Å². The van der Waals surface area contributed by atoms with Gasteiger partial charge in [-0.05, 0) is 36.8 Å². The van der Waals surface area contributed by atoms with Crippen molar-refractivity contribution in [3.63, 3.8) is 0 Å². The van der Waals surface area contributed by atoms with Gasteiger partial charge < -0.3 is 10.4 Å². The number of pyridine rings is 1. The van der Waals surface area contributed by atoms with Crippen LogP contribution < -0.4 is 5.32 Å². The normalized spacial score (nSPS) is 12.1. The number of benzene rings is 1. The van der Waals surface area contributed by atoms with Gasteiger partial charge in [0.25, 0.3) is 0 Å². The number of aromatic nitrogens is 1. The molecule has 0 fully saturated rings. The standard InChI is InChI=1S/C15H15ClN2O2/c1-10(11-3-2-4-13(16)7-11)17-9-14-6-5-12(8-18-14)15(19)20/h2-8,10,17H,9H2,1H3,(H,19,20)/t10-/m1/s1. The van der Waals surface area contributed by atoms with Crippen LogP contribution in [0.2, 0.25) is 5.02 Å². The topological polar surface area (TPSA) is 62.2 Å². The van der Waals surface area contributed by atoms with E-state index in [0.717, 1.165) is 11.3 Å². The maximum atomic E-state index is 10.7. The molecule has 0 spiro atoms. The predicted octanol–water partition coefficient (Wildman–Crippen LogP) is 3.28. The van der Waals surface area contributed by atoms with Crippen LogP contribution in [0, 0.1) is 0 Å². The molecule has 0 unspecified atom stereocenters. The fourth-order valence-corrected chi connectivity index (χ4v) is 2.01. The summed E-state index contributed by atoms with van der Waals surface area (Å²) in [5, 5.41) is 12.8. The molecule has 1 heterocycles. The number of nitrogens with one attached hydrogen (secondary N) is 1. The van der Waals surface area contributed by atoms with Gasteiger partial charge in [-0.15, -0.1) is 0 Å². The van der Waals surface area contributed by atoms with Gasteiger partial charge in [0, 0.05) is 23.8 Å². The van der Waals surface area contributed by atoms with E-state index < -0.39 is 5.97 Å². The molecule has 0 aliphatic rings. The molecule has 2 aromatic rings. The van der Waals surface area contributed by atoms with E-state index in [1.165, 1.54) is 6.20 Å². The van der Waals surface area contributed by atoms with Crippen LogP contribution in [0.4, 0.5) is 0 Å². The Balaban J connectivity index is 1.96. The number of halogens is 1. The summed E-state index contributed by atoms with van der Waals surface area (Å²) in [6.45, 7) is 2.60. The van der Waals surface area contributed by atoms with Crippen molar-refractivity contribution in [1.82, 2.24) is 10.3 Å². The molecular formula is C15H15ClN2O2. The number of carboxylic acid groups (broad SMARTS) is 1. The molecule has 0 amide bonds. The first-order chi connectivity index (χ1) is 9.56. The maximum absolute atomic E-state index is 10.7. The van der Waals surface area contributed by atoms with Gasteiger partial charge >= 0.3 is 5.97 Å². The first kappa shape index (κ1) is 14.5. The van der Waals surface area contributed by atoms with Crippen LogP contribution in [0.5, 0.6) is 0 Å². The molecule has 2 rings (SSSR count). The van der Waals surface area contributed by atoms with Gasteiger partial charge in [0.15, 0.2) is 0 Å². The Kier molecular flexibility index (Phi) is 4.71. The number of hydrogen-bond acceptors (Lipinski definition) is 3. The molecule has 0 saturated heterocycles. The van der Waals surface area contributed by atoms with E-state index in [4.69, 9.17) is 16.7 Å². The van der Waals surface area contributed by atoms with E-state index in [0.29, 0.717) is 11.6 Å². The lowest BCUT2D eigenvalue weighted by Crippen LogP contribution is -2.18. The zero-order valence-corrected chi connectivity index (χ0v) is 11.8. The Morgan fingerprint density at radius 2 is 2.20 bits per heavy atom. The van der Waals surface area contributed by atoms with Crippen LogP contribution in [-0.2, 0) is 6.54 Å². The van der Waals surface area contributed by atoms with Crippen LogP contribution in [0.25, 0.3) is 0 Å². The molecule has 1 aromatic carbocycles. The smallest absolute Gasteiger partial charge is 0.337 e. The maximum Gasteiger partial charge on any atom is 0.337 e. The van der Waals surface area contributed by atoms with Crippen LogP contribution in [0.3, 0.4) is 0 Å². The van der Waals surface area contributed by atoms with Crippen molar-refractivity contribution in [2.75, 3.05) is 0 Å². The zero-order chi connectivity index (χ0) is 14.5. The number of carbonyl (C=O) groups is 1. The minimum absolute atomic E-state index is 0.134. The SMILES string of the molecule is C[C@@H](NCc1ccc(C(=O)O)cn1)c1cccc(Cl)c1. The molecule has 0 aliphatic carbocycles. The molecule has 104 valence electrons. The Hall–Kier alpha value is -1.91. The van der Waals surface area contributed by atoms with Crippen LogP contribution in [0.1, 0.15) is 34.6 Å². The molecule has 0 saturated carbocycles. The Labute approximate surface area is 122 Å². The molecule has 4 nitrogen and oxygen atoms in total. The number of rotatable bonds is 5. The van der Waals surface area contributed by atoms with Crippen molar-refractivity contribution in [2.45, 2.75) is 19.5 Å². The summed E-state index contributed by atoms with van der Waals surface area (Å²) in [5.74, 6) is -0.968. The van der Waals surface area contributed by atoms with E-state index >= 15 is 0 Å². The van der Waals surface area contributed by atoms with Crippen molar-refractivity contribution in [2.24, 2.45) is 0 Å². The minimum atomic E-state index is -0.968. The lowest BCUT2D eigenvalue weighted by Gasteiger charge is -2.14. The lowest BCUT2D eigenvalue weighted by atomic mass is 10.1. The molecule has 2 N–H and O–H groups in total. The Morgan fingerprint density at radius 1 is 1.40 bits per heavy atom. The number of hydrogen-bond donors (Lipinski definition) is 2. The van der Waals surface area contributed by atoms with Gasteiger partial charge in [0.2, 0.25) is 0 Å². The second-order valence-corrected chi connectivity index (χ2v) is 4.94. The molecule has 1 aromatic heterocycles. The predicted molar refractivity (Wildman–Crippen MR) is 77.9 cm³/mol. The van der Waals surface area contributed by atoms with Crippen molar-refractivity contribution in [3.05, 3.63) is 64.4 Å². The largest absolute Gasteiger partial charge is 0.478 e. The summed E-state index contributed by atoms with van der Waals surface area (Å²) in [6.07, 6.45) is 1.36. The summed E-state index contributed by atoms with van der Waals surface area (Å²) in [5.41, 5.74) is 2.08. The minimum Gasteiger partial charge on any atom is -0.478 e. The number of aromatic carboxylic acids is 1. The van der Waals surface area contributed by atoms with E-state index in [1.54, 1.807) is 12.1 Å². The second kappa shape index (κ2) is 6.50. The van der Waals surface area contributed by atoms with Gasteiger partial charge in [-0.25, -0.2) is 4.79 Å². The number of carboxylic acids is 1. The zero-order valence-electron chi connectivity index (χ0n) is 11.0. The quantitative estimate of drug-likeness (QED) is 0.887. The number of nitrogens with zero attached hydrogens (tertiary/aromatic N) is 1. The molecule has 5 heteroatoms. The Bertz CT molecular complexity index is 599. The summed E-state index contributed by atoms with van der Waals surface area (Å²) >= 11 is 5.96. The van der Waals surface area contributed by atoms with Crippen molar-refractivity contribution in [1.29, 1.82) is 0 Å². The van der Waals surface area contributed by atoms with Crippen LogP contribution in [-0.4, -0.2) is 16.1 Å². The van der Waals surface area contributed by atoms with Gasteiger partial charge in [0.05, 0.1) is 11.3 Å². The van der Waals surface area contributed by atoms with E-state index in [1.807, 2.05) is 31.2 Å². The van der Waals surface area contributed by atoms with E-state index in [2.05, 4.69) is 10.3 Å². The van der Waals surface area contributed by atoms with Crippen LogP contribution in [0.15, 0.2) is 42.6 Å². The van der Waals surface area contributed by atoms with Crippen molar-refractivity contribution in [3.8, 4) is 0 Å². The van der Waals surface area contributed by atoms with Gasteiger partial charge in [0.1, 0.15) is 0 Å². The summed E-state index contributed by atoms with van der Waals surface area (Å²) in [4.78, 5) is 14.8. The van der Waals surface area contributed by atoms with Gasteiger partial charge in [-0.2, -0.15) is 0 Å². The Morgan fingerprint density at radius 3 is 2.80 bits per heavy atom. The molecule has 0 radical (unpaired) electrons. The van der Waals surface area contributed by atoms with Gasteiger partial charge in [-0.1, -0.05) is 23.7 Å².